The second-order valence-corrected chi connectivity index (χ2v) is 9.31. The number of hydrogen-bond acceptors (Lipinski definition) is 3. The van der Waals surface area contributed by atoms with Crippen LogP contribution in [-0.2, 0) is 20.4 Å². The first kappa shape index (κ1) is 32.9. The summed E-state index contributed by atoms with van der Waals surface area (Å²) in [7, 11) is 12.1. The van der Waals surface area contributed by atoms with Crippen molar-refractivity contribution >= 4 is 0 Å². The summed E-state index contributed by atoms with van der Waals surface area (Å²) < 4.78 is 1.53. The first-order valence-electron chi connectivity index (χ1n) is 10.1. The van der Waals surface area contributed by atoms with E-state index in [2.05, 4.69) is 89.5 Å². The Hall–Kier alpha value is -0.706. The molecule has 0 saturated heterocycles. The van der Waals surface area contributed by atoms with Gasteiger partial charge in [-0.3, -0.25) is 0 Å². The van der Waals surface area contributed by atoms with Gasteiger partial charge in [0.05, 0.1) is 0 Å². The fourth-order valence-corrected chi connectivity index (χ4v) is 2.95. The number of likely N-dealkylation sites (N-methyl/N-ethyl adjacent to an activating group) is 3. The van der Waals surface area contributed by atoms with Crippen molar-refractivity contribution in [1.29, 1.82) is 0 Å². The molecule has 0 radical (unpaired) electrons. The van der Waals surface area contributed by atoms with Gasteiger partial charge in [-0.15, -0.1) is 19.7 Å². The average molecular weight is 439 g/mol. The zero-order valence-corrected chi connectivity index (χ0v) is 22.9. The molecule has 0 aliphatic heterocycles. The summed E-state index contributed by atoms with van der Waals surface area (Å²) in [6.07, 6.45) is 5.62. The predicted molar refractivity (Wildman–Crippen MR) is 131 cm³/mol. The first-order valence-corrected chi connectivity index (χ1v) is 10.9. The van der Waals surface area contributed by atoms with E-state index in [9.17, 15) is 0 Å². The summed E-state index contributed by atoms with van der Waals surface area (Å²) >= 11 is 2.25. The molecule has 0 spiro atoms. The van der Waals surface area contributed by atoms with Crippen molar-refractivity contribution in [3.63, 3.8) is 0 Å². The van der Waals surface area contributed by atoms with Crippen molar-refractivity contribution in [2.45, 2.75) is 34.6 Å². The number of hydrogen-bond donors (Lipinski definition) is 0. The normalized spacial score (nSPS) is 14.5. The molecule has 0 atom stereocenters. The van der Waals surface area contributed by atoms with Crippen LogP contribution in [0.25, 0.3) is 0 Å². The SMILES string of the molecule is C=CCN(C)C.C=CCN(C)C.C=CCN(C)C.CC1=C(C)C(C)(C)[C]([Ti])=C1C. The molecule has 0 aromatic heterocycles. The Kier molecular flexibility index (Phi) is 20.6. The van der Waals surface area contributed by atoms with E-state index in [1.54, 1.807) is 0 Å². The molecule has 0 N–H and O–H groups in total. The molecular formula is C25H48N3Ti. The topological polar surface area (TPSA) is 9.72 Å². The minimum atomic E-state index is 0.314. The number of nitrogens with zero attached hydrogens (tertiary/aromatic N) is 3. The maximum absolute atomic E-state index is 3.56. The third kappa shape index (κ3) is 16.7. The van der Waals surface area contributed by atoms with Gasteiger partial charge in [0.15, 0.2) is 0 Å². The van der Waals surface area contributed by atoms with E-state index in [1.165, 1.54) is 20.6 Å². The second-order valence-electron chi connectivity index (χ2n) is 8.53. The standard InChI is InChI=1S/C10H15.3C5H11N.Ti/c1-7-6-10(4,5)9(3)8(7)2;3*1-4-5-6(2)3;/h1-5H3;3*4H,1,5H2,2-3H3;. The molecule has 1 rings (SSSR count). The van der Waals surface area contributed by atoms with Crippen LogP contribution >= 0.6 is 0 Å². The Labute approximate surface area is 195 Å². The van der Waals surface area contributed by atoms with Crippen LogP contribution in [0, 0.1) is 5.41 Å². The molecular weight excluding hydrogens is 390 g/mol. The molecule has 0 saturated carbocycles. The molecule has 0 amide bonds. The summed E-state index contributed by atoms with van der Waals surface area (Å²) in [5, 5.41) is 0. The first-order chi connectivity index (χ1) is 13.2. The van der Waals surface area contributed by atoms with Crippen molar-refractivity contribution in [1.82, 2.24) is 14.7 Å². The Balaban J connectivity index is -0.000000328. The Bertz CT molecular complexity index is 479. The van der Waals surface area contributed by atoms with Gasteiger partial charge in [-0.05, 0) is 42.3 Å². The van der Waals surface area contributed by atoms with E-state index in [4.69, 9.17) is 0 Å². The van der Waals surface area contributed by atoms with Crippen LogP contribution in [0.3, 0.4) is 0 Å². The Morgan fingerprint density at radius 3 is 1.00 bits per heavy atom. The van der Waals surface area contributed by atoms with E-state index >= 15 is 0 Å². The third-order valence-corrected chi connectivity index (χ3v) is 6.11. The third-order valence-electron chi connectivity index (χ3n) is 4.55. The molecule has 167 valence electrons. The fraction of sp³-hybridized carbons (Fsp3) is 0.600. The van der Waals surface area contributed by atoms with Gasteiger partial charge >= 0.3 is 81.1 Å². The van der Waals surface area contributed by atoms with Crippen LogP contribution in [0.2, 0.25) is 0 Å². The van der Waals surface area contributed by atoms with Crippen LogP contribution in [0.4, 0.5) is 0 Å². The Morgan fingerprint density at radius 2 is 0.966 bits per heavy atom. The summed E-state index contributed by atoms with van der Waals surface area (Å²) in [5.74, 6) is 0. The molecule has 0 fully saturated rings. The summed E-state index contributed by atoms with van der Waals surface area (Å²) in [6.45, 7) is 24.9. The van der Waals surface area contributed by atoms with Gasteiger partial charge in [0.1, 0.15) is 0 Å². The van der Waals surface area contributed by atoms with Crippen LogP contribution in [0.15, 0.2) is 58.6 Å². The second kappa shape index (κ2) is 18.1. The van der Waals surface area contributed by atoms with Crippen molar-refractivity contribution in [2.75, 3.05) is 61.9 Å². The van der Waals surface area contributed by atoms with Gasteiger partial charge in [-0.2, -0.15) is 0 Å². The monoisotopic (exact) mass is 438 g/mol. The van der Waals surface area contributed by atoms with E-state index in [0.29, 0.717) is 5.41 Å². The molecule has 1 aliphatic carbocycles. The molecule has 0 bridgehead atoms. The predicted octanol–water partition coefficient (Wildman–Crippen LogP) is 5.39. The molecule has 0 unspecified atom stereocenters. The van der Waals surface area contributed by atoms with Gasteiger partial charge in [-0.25, -0.2) is 0 Å². The van der Waals surface area contributed by atoms with Gasteiger partial charge in [0, 0.05) is 19.6 Å². The molecule has 3 nitrogen and oxygen atoms in total. The minimum absolute atomic E-state index is 0.314. The van der Waals surface area contributed by atoms with Crippen LogP contribution in [-0.4, -0.2) is 76.6 Å². The van der Waals surface area contributed by atoms with E-state index in [0.717, 1.165) is 19.6 Å². The van der Waals surface area contributed by atoms with E-state index < -0.39 is 0 Å². The molecule has 0 aromatic carbocycles. The van der Waals surface area contributed by atoms with Gasteiger partial charge in [0.2, 0.25) is 0 Å². The van der Waals surface area contributed by atoms with Gasteiger partial charge in [-0.1, -0.05) is 18.2 Å². The van der Waals surface area contributed by atoms with E-state index in [1.807, 2.05) is 60.5 Å². The molecule has 1 aliphatic rings. The van der Waals surface area contributed by atoms with Gasteiger partial charge < -0.3 is 14.7 Å². The van der Waals surface area contributed by atoms with Crippen LogP contribution in [0.5, 0.6) is 0 Å². The van der Waals surface area contributed by atoms with Crippen molar-refractivity contribution in [3.8, 4) is 0 Å². The maximum atomic E-state index is 3.56. The summed E-state index contributed by atoms with van der Waals surface area (Å²) in [4.78, 5) is 6.19. The zero-order valence-electron chi connectivity index (χ0n) is 21.3. The molecule has 0 heterocycles. The van der Waals surface area contributed by atoms with Crippen molar-refractivity contribution in [2.24, 2.45) is 5.41 Å². The zero-order chi connectivity index (χ0) is 23.8. The van der Waals surface area contributed by atoms with Crippen LogP contribution < -0.4 is 0 Å². The molecule has 4 heteroatoms. The summed E-state index contributed by atoms with van der Waals surface area (Å²) in [5.41, 5.74) is 4.83. The van der Waals surface area contributed by atoms with Crippen molar-refractivity contribution in [3.05, 3.63) is 58.6 Å². The fourth-order valence-electron chi connectivity index (χ4n) is 2.37. The van der Waals surface area contributed by atoms with Crippen molar-refractivity contribution < 1.29 is 20.4 Å². The van der Waals surface area contributed by atoms with Gasteiger partial charge in [0.25, 0.3) is 0 Å². The van der Waals surface area contributed by atoms with Crippen LogP contribution in [0.1, 0.15) is 34.6 Å². The summed E-state index contributed by atoms with van der Waals surface area (Å²) in [6, 6.07) is 0. The quantitative estimate of drug-likeness (QED) is 0.407. The molecule has 29 heavy (non-hydrogen) atoms. The number of allylic oxidation sites excluding steroid dienone is 4. The van der Waals surface area contributed by atoms with E-state index in [-0.39, 0.29) is 0 Å². The number of rotatable bonds is 6. The Morgan fingerprint density at radius 1 is 0.690 bits per heavy atom. The average Bonchev–Trinajstić information content (AvgIpc) is 2.71. The molecule has 0 aromatic rings.